The van der Waals surface area contributed by atoms with Crippen molar-refractivity contribution in [2.45, 2.75) is 38.6 Å². The van der Waals surface area contributed by atoms with E-state index >= 15 is 0 Å². The maximum Gasteiger partial charge on any atom is 0.0432 e. The monoisotopic (exact) mass is 517 g/mol. The van der Waals surface area contributed by atoms with Crippen LogP contribution < -0.4 is 4.90 Å². The summed E-state index contributed by atoms with van der Waals surface area (Å²) in [6.45, 7) is 6.86. The maximum atomic E-state index is 2.57. The van der Waals surface area contributed by atoms with Crippen LogP contribution in [-0.2, 0) is 18.4 Å². The molecule has 1 aliphatic heterocycles. The van der Waals surface area contributed by atoms with E-state index in [0.29, 0.717) is 0 Å². The summed E-state index contributed by atoms with van der Waals surface area (Å²) in [6, 6.07) is 42.5. The first-order chi connectivity index (χ1) is 19.6. The fourth-order valence-electron chi connectivity index (χ4n) is 6.61. The number of fused-ring (bicyclic) bond motifs is 4. The lowest BCUT2D eigenvalue weighted by molar-refractivity contribution is 0.659. The molecule has 40 heavy (non-hydrogen) atoms. The Morgan fingerprint density at radius 2 is 1.27 bits per heavy atom. The molecule has 0 spiro atoms. The van der Waals surface area contributed by atoms with Gasteiger partial charge in [-0.2, -0.15) is 0 Å². The minimum Gasteiger partial charge on any atom is -0.367 e. The van der Waals surface area contributed by atoms with Crippen LogP contribution in [0.5, 0.6) is 0 Å². The summed E-state index contributed by atoms with van der Waals surface area (Å²) in [5, 5.41) is 0. The number of anilines is 1. The van der Waals surface area contributed by atoms with Crippen LogP contribution in [0.25, 0.3) is 34.4 Å². The summed E-state index contributed by atoms with van der Waals surface area (Å²) in [7, 11) is 0. The number of benzene rings is 5. The van der Waals surface area contributed by atoms with Gasteiger partial charge in [0.05, 0.1) is 0 Å². The molecule has 0 N–H and O–H groups in total. The highest BCUT2D eigenvalue weighted by molar-refractivity contribution is 5.84. The predicted octanol–water partition coefficient (Wildman–Crippen LogP) is 9.78. The van der Waals surface area contributed by atoms with Gasteiger partial charge in [0.15, 0.2) is 0 Å². The van der Waals surface area contributed by atoms with Crippen molar-refractivity contribution in [3.63, 3.8) is 0 Å². The normalized spacial score (nSPS) is 15.4. The molecule has 0 amide bonds. The van der Waals surface area contributed by atoms with Gasteiger partial charge in [-0.3, -0.25) is 0 Å². The van der Waals surface area contributed by atoms with Gasteiger partial charge in [-0.15, -0.1) is 0 Å². The van der Waals surface area contributed by atoms with Crippen LogP contribution in [0.2, 0.25) is 0 Å². The van der Waals surface area contributed by atoms with E-state index in [4.69, 9.17) is 0 Å². The van der Waals surface area contributed by atoms with E-state index in [1.807, 2.05) is 0 Å². The lowest BCUT2D eigenvalue weighted by Gasteiger charge is -2.27. The third kappa shape index (κ3) is 4.46. The van der Waals surface area contributed by atoms with Gasteiger partial charge in [0.25, 0.3) is 0 Å². The van der Waals surface area contributed by atoms with Crippen LogP contribution in [0.4, 0.5) is 5.69 Å². The molecule has 0 atom stereocenters. The second-order valence-electron chi connectivity index (χ2n) is 11.8. The largest absolute Gasteiger partial charge is 0.367 e. The van der Waals surface area contributed by atoms with Gasteiger partial charge in [0, 0.05) is 24.2 Å². The molecule has 1 nitrogen and oxygen atoms in total. The Hall–Kier alpha value is -4.36. The molecule has 0 radical (unpaired) electrons. The van der Waals surface area contributed by atoms with Crippen LogP contribution >= 0.6 is 0 Å². The average molecular weight is 518 g/mol. The topological polar surface area (TPSA) is 3.24 Å². The van der Waals surface area contributed by atoms with Crippen LogP contribution in [-0.4, -0.2) is 6.54 Å². The minimum atomic E-state index is -0.0402. The van der Waals surface area contributed by atoms with Crippen molar-refractivity contribution in [2.24, 2.45) is 0 Å². The number of rotatable bonds is 4. The standard InChI is InChI=1S/C39H35N/c1-39(2)37-25-29(18-17-28-10-8-15-32(24-28)30-11-4-3-5-12-30)19-21-35(37)36-22-20-34(26-38(36)39)40-23-9-16-31-13-6-7-14-33(31)27-40/h3-8,10-15,17-22,24-26H,9,16,23,27H2,1-2H3. The summed E-state index contributed by atoms with van der Waals surface area (Å²) in [5.41, 5.74) is 14.8. The predicted molar refractivity (Wildman–Crippen MR) is 171 cm³/mol. The van der Waals surface area contributed by atoms with E-state index in [0.717, 1.165) is 13.1 Å². The lowest BCUT2D eigenvalue weighted by Crippen LogP contribution is -2.23. The van der Waals surface area contributed by atoms with Crippen molar-refractivity contribution in [1.29, 1.82) is 0 Å². The zero-order valence-electron chi connectivity index (χ0n) is 23.4. The third-order valence-electron chi connectivity index (χ3n) is 8.86. The van der Waals surface area contributed by atoms with Crippen LogP contribution in [0.3, 0.4) is 0 Å². The molecule has 7 rings (SSSR count). The first-order valence-electron chi connectivity index (χ1n) is 14.5. The van der Waals surface area contributed by atoms with E-state index in [2.05, 4.69) is 146 Å². The Kier molecular flexibility index (Phi) is 6.16. The molecule has 0 bridgehead atoms. The van der Waals surface area contributed by atoms with Crippen LogP contribution in [0.15, 0.2) is 115 Å². The van der Waals surface area contributed by atoms with Gasteiger partial charge in [-0.25, -0.2) is 0 Å². The fourth-order valence-corrected chi connectivity index (χ4v) is 6.61. The Bertz CT molecular complexity index is 1720. The molecule has 0 saturated carbocycles. The molecule has 0 saturated heterocycles. The Labute approximate surface area is 238 Å². The van der Waals surface area contributed by atoms with Crippen molar-refractivity contribution < 1.29 is 0 Å². The van der Waals surface area contributed by atoms with Crippen LogP contribution in [0.1, 0.15) is 53.6 Å². The van der Waals surface area contributed by atoms with Crippen molar-refractivity contribution in [3.8, 4) is 22.3 Å². The van der Waals surface area contributed by atoms with E-state index in [9.17, 15) is 0 Å². The SMILES string of the molecule is CC1(C)c2cc(C=Cc3cccc(-c4ccccc4)c3)ccc2-c2ccc(N3CCCc4ccccc4C3)cc21. The van der Waals surface area contributed by atoms with Gasteiger partial charge in [0.1, 0.15) is 0 Å². The zero-order chi connectivity index (χ0) is 27.1. The van der Waals surface area contributed by atoms with Gasteiger partial charge in [0.2, 0.25) is 0 Å². The summed E-state index contributed by atoms with van der Waals surface area (Å²) >= 11 is 0. The van der Waals surface area contributed by atoms with E-state index in [-0.39, 0.29) is 5.41 Å². The first kappa shape index (κ1) is 24.7. The lowest BCUT2D eigenvalue weighted by atomic mass is 9.81. The van der Waals surface area contributed by atoms with Crippen molar-refractivity contribution in [2.75, 3.05) is 11.4 Å². The van der Waals surface area contributed by atoms with Gasteiger partial charge >= 0.3 is 0 Å². The molecule has 2 aliphatic rings. The highest BCUT2D eigenvalue weighted by atomic mass is 15.1. The first-order valence-corrected chi connectivity index (χ1v) is 14.5. The van der Waals surface area contributed by atoms with E-state index in [1.165, 1.54) is 74.2 Å². The molecule has 1 aliphatic carbocycles. The minimum absolute atomic E-state index is 0.0402. The van der Waals surface area contributed by atoms with Crippen molar-refractivity contribution in [3.05, 3.63) is 149 Å². The summed E-state index contributed by atoms with van der Waals surface area (Å²) in [5.74, 6) is 0. The summed E-state index contributed by atoms with van der Waals surface area (Å²) in [4.78, 5) is 2.57. The number of hydrogen-bond acceptors (Lipinski definition) is 1. The Morgan fingerprint density at radius 1 is 0.600 bits per heavy atom. The molecule has 0 fully saturated rings. The Morgan fingerprint density at radius 3 is 2.10 bits per heavy atom. The molecule has 1 heterocycles. The number of aryl methyl sites for hydroxylation is 1. The average Bonchev–Trinajstić information content (AvgIpc) is 3.11. The highest BCUT2D eigenvalue weighted by Gasteiger charge is 2.36. The molecular formula is C39H35N. The number of nitrogens with zero attached hydrogens (tertiary/aromatic N) is 1. The van der Waals surface area contributed by atoms with Gasteiger partial charge in [-0.05, 0) is 86.7 Å². The molecule has 5 aromatic rings. The van der Waals surface area contributed by atoms with Gasteiger partial charge in [-0.1, -0.05) is 123 Å². The summed E-state index contributed by atoms with van der Waals surface area (Å²) in [6.07, 6.45) is 6.85. The maximum absolute atomic E-state index is 2.57. The zero-order valence-corrected chi connectivity index (χ0v) is 23.4. The smallest absolute Gasteiger partial charge is 0.0432 e. The van der Waals surface area contributed by atoms with E-state index in [1.54, 1.807) is 0 Å². The summed E-state index contributed by atoms with van der Waals surface area (Å²) < 4.78 is 0. The fraction of sp³-hybridized carbons (Fsp3) is 0.179. The Balaban J connectivity index is 1.17. The highest BCUT2D eigenvalue weighted by Crippen LogP contribution is 2.50. The molecular weight excluding hydrogens is 482 g/mol. The van der Waals surface area contributed by atoms with Crippen molar-refractivity contribution >= 4 is 17.8 Å². The molecule has 5 aromatic carbocycles. The van der Waals surface area contributed by atoms with E-state index < -0.39 is 0 Å². The second-order valence-corrected chi connectivity index (χ2v) is 11.8. The van der Waals surface area contributed by atoms with Crippen molar-refractivity contribution in [1.82, 2.24) is 0 Å². The van der Waals surface area contributed by atoms with Crippen LogP contribution in [0, 0.1) is 0 Å². The molecule has 0 aromatic heterocycles. The molecule has 196 valence electrons. The number of hydrogen-bond donors (Lipinski definition) is 0. The third-order valence-corrected chi connectivity index (χ3v) is 8.86. The molecule has 0 unspecified atom stereocenters. The quantitative estimate of drug-likeness (QED) is 0.214. The second kappa shape index (κ2) is 9.99. The van der Waals surface area contributed by atoms with Gasteiger partial charge < -0.3 is 4.90 Å². The molecule has 1 heteroatoms.